The van der Waals surface area contributed by atoms with Crippen LogP contribution in [0, 0.1) is 0 Å². The van der Waals surface area contributed by atoms with Gasteiger partial charge in [0.1, 0.15) is 5.75 Å². The van der Waals surface area contributed by atoms with Gasteiger partial charge in [-0.15, -0.1) is 10.2 Å². The number of hydrogen-bond acceptors (Lipinski definition) is 6. The van der Waals surface area contributed by atoms with E-state index in [1.165, 1.54) is 0 Å². The molecule has 122 valence electrons. The smallest absolute Gasteiger partial charge is 0.252 e. The summed E-state index contributed by atoms with van der Waals surface area (Å²) in [5.74, 6) is 0.368. The number of tetrazole rings is 1. The zero-order valence-electron chi connectivity index (χ0n) is 13.2. The van der Waals surface area contributed by atoms with Gasteiger partial charge in [-0.25, -0.2) is 0 Å². The van der Waals surface area contributed by atoms with Crippen LogP contribution in [-0.2, 0) is 0 Å². The summed E-state index contributed by atoms with van der Waals surface area (Å²) in [6.45, 7) is 3.77. The molecule has 1 aromatic carbocycles. The summed E-state index contributed by atoms with van der Waals surface area (Å²) in [4.78, 5) is 15.8. The van der Waals surface area contributed by atoms with Crippen molar-refractivity contribution in [3.8, 4) is 28.3 Å². The number of rotatable bonds is 5. The van der Waals surface area contributed by atoms with Gasteiger partial charge in [-0.05, 0) is 42.8 Å². The maximum Gasteiger partial charge on any atom is 0.252 e. The Morgan fingerprint density at radius 2 is 1.96 bits per heavy atom. The molecule has 0 radical (unpaired) electrons. The maximum atomic E-state index is 11.6. The second-order valence-electron chi connectivity index (χ2n) is 5.44. The molecule has 3 aromatic rings. The highest BCUT2D eigenvalue weighted by Crippen LogP contribution is 2.29. The fourth-order valence-electron chi connectivity index (χ4n) is 2.26. The lowest BCUT2D eigenvalue weighted by Gasteiger charge is -2.14. The highest BCUT2D eigenvalue weighted by Gasteiger charge is 2.13. The molecule has 0 unspecified atom stereocenters. The van der Waals surface area contributed by atoms with E-state index >= 15 is 0 Å². The first kappa shape index (κ1) is 15.6. The molecule has 0 aliphatic rings. The number of aromatic nitrogens is 5. The predicted octanol–water partition coefficient (Wildman–Crippen LogP) is 1.81. The van der Waals surface area contributed by atoms with Crippen molar-refractivity contribution in [3.05, 3.63) is 42.2 Å². The first-order valence-corrected chi connectivity index (χ1v) is 7.34. The number of pyridine rings is 1. The minimum absolute atomic E-state index is 0.0814. The Hall–Kier alpha value is -3.29. The molecule has 2 heterocycles. The molecule has 0 aliphatic carbocycles. The van der Waals surface area contributed by atoms with Gasteiger partial charge in [-0.2, -0.15) is 5.21 Å². The van der Waals surface area contributed by atoms with Crippen molar-refractivity contribution in [2.24, 2.45) is 5.73 Å². The number of aromatic amines is 1. The molecule has 1 amide bonds. The Kier molecular flexibility index (Phi) is 4.19. The third-order valence-corrected chi connectivity index (χ3v) is 3.28. The standard InChI is InChI=1S/C16H16N6O2/c1-9(2)24-14-6-10(3-4-13(14)15(17)23)11-5-12(8-18-7-11)16-19-21-22-20-16/h3-9H,1-2H3,(H2,17,23)(H,19,20,21,22). The van der Waals surface area contributed by atoms with Crippen molar-refractivity contribution >= 4 is 5.91 Å². The summed E-state index contributed by atoms with van der Waals surface area (Å²) in [5.41, 5.74) is 8.16. The van der Waals surface area contributed by atoms with Crippen LogP contribution >= 0.6 is 0 Å². The average molecular weight is 324 g/mol. The summed E-state index contributed by atoms with van der Waals surface area (Å²) in [5, 5.41) is 13.8. The van der Waals surface area contributed by atoms with Crippen LogP contribution in [0.3, 0.4) is 0 Å². The minimum atomic E-state index is -0.532. The summed E-state index contributed by atoms with van der Waals surface area (Å²) >= 11 is 0. The molecule has 0 spiro atoms. The lowest BCUT2D eigenvalue weighted by atomic mass is 10.0. The molecule has 3 N–H and O–H groups in total. The first-order valence-electron chi connectivity index (χ1n) is 7.34. The van der Waals surface area contributed by atoms with Gasteiger partial charge in [0.15, 0.2) is 0 Å². The number of hydrogen-bond donors (Lipinski definition) is 2. The van der Waals surface area contributed by atoms with E-state index < -0.39 is 5.91 Å². The first-order chi connectivity index (χ1) is 11.5. The SMILES string of the molecule is CC(C)Oc1cc(-c2cncc(-c3nn[nH]n3)c2)ccc1C(N)=O. The van der Waals surface area contributed by atoms with Crippen LogP contribution in [0.1, 0.15) is 24.2 Å². The second-order valence-corrected chi connectivity index (χ2v) is 5.44. The van der Waals surface area contributed by atoms with E-state index in [0.717, 1.165) is 16.7 Å². The topological polar surface area (TPSA) is 120 Å². The van der Waals surface area contributed by atoms with Gasteiger partial charge >= 0.3 is 0 Å². The molecule has 0 fully saturated rings. The Balaban J connectivity index is 2.03. The number of nitrogens with zero attached hydrogens (tertiary/aromatic N) is 4. The Morgan fingerprint density at radius 1 is 1.17 bits per heavy atom. The van der Waals surface area contributed by atoms with E-state index in [1.807, 2.05) is 19.9 Å². The van der Waals surface area contributed by atoms with Gasteiger partial charge in [-0.3, -0.25) is 9.78 Å². The average Bonchev–Trinajstić information content (AvgIpc) is 3.08. The maximum absolute atomic E-state index is 11.6. The molecular weight excluding hydrogens is 308 g/mol. The Labute approximate surface area is 138 Å². The number of carbonyl (C=O) groups is 1. The Bertz CT molecular complexity index is 861. The fourth-order valence-corrected chi connectivity index (χ4v) is 2.26. The molecular formula is C16H16N6O2. The van der Waals surface area contributed by atoms with Crippen LogP contribution in [0.4, 0.5) is 0 Å². The van der Waals surface area contributed by atoms with Crippen molar-refractivity contribution < 1.29 is 9.53 Å². The van der Waals surface area contributed by atoms with Crippen molar-refractivity contribution in [2.75, 3.05) is 0 Å². The van der Waals surface area contributed by atoms with Crippen molar-refractivity contribution in [1.29, 1.82) is 0 Å². The number of H-pyrrole nitrogens is 1. The number of carbonyl (C=O) groups excluding carboxylic acids is 1. The predicted molar refractivity (Wildman–Crippen MR) is 87.1 cm³/mol. The van der Waals surface area contributed by atoms with E-state index in [1.54, 1.807) is 30.6 Å². The van der Waals surface area contributed by atoms with Gasteiger partial charge in [0.2, 0.25) is 5.82 Å². The van der Waals surface area contributed by atoms with Crippen LogP contribution < -0.4 is 10.5 Å². The summed E-state index contributed by atoms with van der Waals surface area (Å²) in [6, 6.07) is 7.11. The molecule has 0 atom stereocenters. The summed E-state index contributed by atoms with van der Waals surface area (Å²) in [7, 11) is 0. The third-order valence-electron chi connectivity index (χ3n) is 3.28. The third kappa shape index (κ3) is 3.22. The van der Waals surface area contributed by atoms with Gasteiger partial charge in [0, 0.05) is 23.5 Å². The number of primary amides is 1. The van der Waals surface area contributed by atoms with Crippen LogP contribution in [0.5, 0.6) is 5.75 Å². The fraction of sp³-hybridized carbons (Fsp3) is 0.188. The molecule has 0 saturated carbocycles. The zero-order valence-corrected chi connectivity index (χ0v) is 13.2. The van der Waals surface area contributed by atoms with Crippen molar-refractivity contribution in [1.82, 2.24) is 25.6 Å². The largest absolute Gasteiger partial charge is 0.490 e. The van der Waals surface area contributed by atoms with Gasteiger partial charge in [-0.1, -0.05) is 6.07 Å². The van der Waals surface area contributed by atoms with Crippen LogP contribution in [0.2, 0.25) is 0 Å². The molecule has 0 bridgehead atoms. The van der Waals surface area contributed by atoms with Crippen LogP contribution in [0.15, 0.2) is 36.7 Å². The van der Waals surface area contributed by atoms with Crippen LogP contribution in [-0.4, -0.2) is 37.6 Å². The van der Waals surface area contributed by atoms with E-state index in [-0.39, 0.29) is 6.10 Å². The van der Waals surface area contributed by atoms with Gasteiger partial charge < -0.3 is 10.5 Å². The van der Waals surface area contributed by atoms with E-state index in [2.05, 4.69) is 25.6 Å². The number of nitrogens with one attached hydrogen (secondary N) is 1. The summed E-state index contributed by atoms with van der Waals surface area (Å²) in [6.07, 6.45) is 3.28. The molecule has 8 nitrogen and oxygen atoms in total. The van der Waals surface area contributed by atoms with E-state index in [0.29, 0.717) is 17.1 Å². The van der Waals surface area contributed by atoms with E-state index in [9.17, 15) is 4.79 Å². The molecule has 0 saturated heterocycles. The molecule has 8 heteroatoms. The summed E-state index contributed by atoms with van der Waals surface area (Å²) < 4.78 is 5.71. The number of amides is 1. The highest BCUT2D eigenvalue weighted by atomic mass is 16.5. The lowest BCUT2D eigenvalue weighted by Crippen LogP contribution is -2.15. The Morgan fingerprint density at radius 3 is 2.62 bits per heavy atom. The monoisotopic (exact) mass is 324 g/mol. The number of ether oxygens (including phenoxy) is 1. The quantitative estimate of drug-likeness (QED) is 0.738. The molecule has 0 aliphatic heterocycles. The zero-order chi connectivity index (χ0) is 17.1. The number of benzene rings is 1. The molecule has 24 heavy (non-hydrogen) atoms. The van der Waals surface area contributed by atoms with Gasteiger partial charge in [0.25, 0.3) is 5.91 Å². The minimum Gasteiger partial charge on any atom is -0.490 e. The van der Waals surface area contributed by atoms with Crippen molar-refractivity contribution in [3.63, 3.8) is 0 Å². The van der Waals surface area contributed by atoms with Crippen LogP contribution in [0.25, 0.3) is 22.5 Å². The highest BCUT2D eigenvalue weighted by molar-refractivity contribution is 5.96. The molecule has 3 rings (SSSR count). The number of nitrogens with two attached hydrogens (primary N) is 1. The second kappa shape index (κ2) is 6.45. The lowest BCUT2D eigenvalue weighted by molar-refractivity contribution is 0.0994. The van der Waals surface area contributed by atoms with Crippen molar-refractivity contribution in [2.45, 2.75) is 20.0 Å². The normalized spacial score (nSPS) is 10.8. The molecule has 2 aromatic heterocycles. The van der Waals surface area contributed by atoms with Gasteiger partial charge in [0.05, 0.1) is 11.7 Å². The van der Waals surface area contributed by atoms with E-state index in [4.69, 9.17) is 10.5 Å².